The van der Waals surface area contributed by atoms with Crippen LogP contribution in [0, 0.1) is 11.3 Å². The normalized spacial score (nSPS) is 13.3. The van der Waals surface area contributed by atoms with E-state index in [1.807, 2.05) is 0 Å². The molecule has 0 saturated carbocycles. The van der Waals surface area contributed by atoms with Gasteiger partial charge in [0.2, 0.25) is 0 Å². The number of hydrogen-bond acceptors (Lipinski definition) is 0. The van der Waals surface area contributed by atoms with Gasteiger partial charge in [-0.05, 0) is 49.0 Å². The van der Waals surface area contributed by atoms with Crippen LogP contribution in [0.5, 0.6) is 0 Å². The Morgan fingerprint density at radius 3 is 2.06 bits per heavy atom. The Labute approximate surface area is 113 Å². The average molecular weight is 244 g/mol. The Morgan fingerprint density at radius 1 is 1.06 bits per heavy atom. The van der Waals surface area contributed by atoms with Crippen LogP contribution in [0.3, 0.4) is 0 Å². The highest BCUT2D eigenvalue weighted by Gasteiger charge is 2.31. The molecule has 1 atom stereocenters. The van der Waals surface area contributed by atoms with Crippen LogP contribution in [0.15, 0.2) is 43.0 Å². The van der Waals surface area contributed by atoms with Crippen LogP contribution in [0.4, 0.5) is 0 Å². The van der Waals surface area contributed by atoms with Gasteiger partial charge in [-0.3, -0.25) is 0 Å². The molecule has 0 amide bonds. The molecule has 0 radical (unpaired) electrons. The first kappa shape index (κ1) is 15.0. The Bertz CT molecular complexity index is 324. The zero-order valence-electron chi connectivity index (χ0n) is 12.3. The summed E-state index contributed by atoms with van der Waals surface area (Å²) in [4.78, 5) is 0. The van der Waals surface area contributed by atoms with E-state index in [-0.39, 0.29) is 0 Å². The lowest BCUT2D eigenvalue weighted by molar-refractivity contribution is 0.162. The van der Waals surface area contributed by atoms with Crippen LogP contribution in [0.1, 0.15) is 52.0 Å². The van der Waals surface area contributed by atoms with Crippen LogP contribution < -0.4 is 0 Å². The summed E-state index contributed by atoms with van der Waals surface area (Å²) in [6.07, 6.45) is 8.35. The molecule has 0 aromatic heterocycles. The van der Waals surface area contributed by atoms with Crippen molar-refractivity contribution in [2.75, 3.05) is 0 Å². The molecule has 1 unspecified atom stereocenters. The van der Waals surface area contributed by atoms with Crippen molar-refractivity contribution in [3.05, 3.63) is 48.6 Å². The molecule has 0 heteroatoms. The third-order valence-electron chi connectivity index (χ3n) is 4.77. The fraction of sp³-hybridized carbons (Fsp3) is 0.556. The maximum atomic E-state index is 4.08. The van der Waals surface area contributed by atoms with Crippen LogP contribution in [-0.2, 0) is 6.42 Å². The topological polar surface area (TPSA) is 0 Å². The lowest BCUT2D eigenvalue weighted by Gasteiger charge is -2.37. The lowest BCUT2D eigenvalue weighted by atomic mass is 9.67. The van der Waals surface area contributed by atoms with Gasteiger partial charge in [-0.15, -0.1) is 6.58 Å². The van der Waals surface area contributed by atoms with E-state index in [1.165, 1.54) is 37.7 Å². The summed E-state index contributed by atoms with van der Waals surface area (Å²) < 4.78 is 0. The summed E-state index contributed by atoms with van der Waals surface area (Å²) in [5.74, 6) is 0.637. The number of aryl methyl sites for hydroxylation is 1. The summed E-state index contributed by atoms with van der Waals surface area (Å²) in [5.41, 5.74) is 1.90. The number of allylic oxidation sites excluding steroid dienone is 1. The summed E-state index contributed by atoms with van der Waals surface area (Å²) in [6.45, 7) is 11.1. The van der Waals surface area contributed by atoms with E-state index >= 15 is 0 Å². The van der Waals surface area contributed by atoms with Gasteiger partial charge in [0, 0.05) is 0 Å². The Hall–Kier alpha value is -1.04. The van der Waals surface area contributed by atoms with Gasteiger partial charge < -0.3 is 0 Å². The van der Waals surface area contributed by atoms with Gasteiger partial charge in [-0.1, -0.05) is 57.2 Å². The molecule has 1 aromatic carbocycles. The van der Waals surface area contributed by atoms with E-state index in [2.05, 4.69) is 63.8 Å². The number of rotatable bonds is 8. The van der Waals surface area contributed by atoms with Crippen molar-refractivity contribution in [1.82, 2.24) is 0 Å². The minimum Gasteiger partial charge on any atom is -0.103 e. The highest BCUT2D eigenvalue weighted by molar-refractivity contribution is 5.15. The molecule has 0 aliphatic carbocycles. The van der Waals surface area contributed by atoms with Crippen molar-refractivity contribution in [1.29, 1.82) is 0 Å². The molecular formula is C18H28. The lowest BCUT2D eigenvalue weighted by Crippen LogP contribution is -2.28. The fourth-order valence-electron chi connectivity index (χ4n) is 3.18. The molecular weight excluding hydrogens is 216 g/mol. The first-order valence-corrected chi connectivity index (χ1v) is 7.38. The van der Waals surface area contributed by atoms with Crippen LogP contribution in [0.25, 0.3) is 0 Å². The van der Waals surface area contributed by atoms with Crippen molar-refractivity contribution >= 4 is 0 Å². The summed E-state index contributed by atoms with van der Waals surface area (Å²) in [5, 5.41) is 0. The largest absolute Gasteiger partial charge is 0.103 e. The average Bonchev–Trinajstić information content (AvgIpc) is 2.45. The van der Waals surface area contributed by atoms with Crippen molar-refractivity contribution in [2.24, 2.45) is 11.3 Å². The Kier molecular flexibility index (Phi) is 6.18. The fourth-order valence-corrected chi connectivity index (χ4v) is 3.18. The molecule has 0 saturated heterocycles. The predicted octanol–water partition coefficient (Wildman–Crippen LogP) is 5.64. The molecule has 1 rings (SSSR count). The second-order valence-electron chi connectivity index (χ2n) is 5.29. The molecule has 0 aliphatic rings. The zero-order valence-corrected chi connectivity index (χ0v) is 12.3. The maximum absolute atomic E-state index is 4.08. The van der Waals surface area contributed by atoms with Gasteiger partial charge in [0.15, 0.2) is 0 Å². The third kappa shape index (κ3) is 3.48. The molecule has 0 N–H and O–H groups in total. The molecule has 0 aliphatic heterocycles. The summed E-state index contributed by atoms with van der Waals surface area (Å²) >= 11 is 0. The number of benzene rings is 1. The van der Waals surface area contributed by atoms with Gasteiger partial charge in [0.25, 0.3) is 0 Å². The summed E-state index contributed by atoms with van der Waals surface area (Å²) in [6, 6.07) is 10.8. The Balaban J connectivity index is 2.69. The number of hydrogen-bond donors (Lipinski definition) is 0. The van der Waals surface area contributed by atoms with E-state index in [4.69, 9.17) is 0 Å². The Morgan fingerprint density at radius 2 is 1.61 bits per heavy atom. The van der Waals surface area contributed by atoms with E-state index < -0.39 is 0 Å². The summed E-state index contributed by atoms with van der Waals surface area (Å²) in [7, 11) is 0. The quantitative estimate of drug-likeness (QED) is 0.519. The second-order valence-corrected chi connectivity index (χ2v) is 5.29. The minimum atomic E-state index is 0.455. The van der Waals surface area contributed by atoms with Crippen molar-refractivity contribution < 1.29 is 0 Å². The molecule has 0 nitrogen and oxygen atoms in total. The molecule has 0 spiro atoms. The van der Waals surface area contributed by atoms with Gasteiger partial charge in [-0.25, -0.2) is 0 Å². The van der Waals surface area contributed by atoms with E-state index in [0.29, 0.717) is 11.3 Å². The molecule has 0 fully saturated rings. The molecule has 0 bridgehead atoms. The van der Waals surface area contributed by atoms with E-state index in [0.717, 1.165) is 0 Å². The van der Waals surface area contributed by atoms with Crippen LogP contribution >= 0.6 is 0 Å². The van der Waals surface area contributed by atoms with Gasteiger partial charge in [0.1, 0.15) is 0 Å². The maximum Gasteiger partial charge on any atom is -0.0177 e. The molecule has 0 heterocycles. The molecule has 1 aromatic rings. The van der Waals surface area contributed by atoms with E-state index in [1.54, 1.807) is 0 Å². The zero-order chi connectivity index (χ0) is 13.4. The molecule has 18 heavy (non-hydrogen) atoms. The standard InChI is InChI=1S/C18H28/c1-5-17(18(6-2,7-3)8-4)15-14-16-12-10-9-11-13-16/h5,9-13,17H,1,6-8,14-15H2,2-4H3. The highest BCUT2D eigenvalue weighted by Crippen LogP contribution is 2.41. The van der Waals surface area contributed by atoms with Crippen molar-refractivity contribution in [2.45, 2.75) is 52.9 Å². The van der Waals surface area contributed by atoms with E-state index in [9.17, 15) is 0 Å². The smallest absolute Gasteiger partial charge is 0.0177 e. The van der Waals surface area contributed by atoms with Crippen LogP contribution in [0.2, 0.25) is 0 Å². The van der Waals surface area contributed by atoms with Crippen LogP contribution in [-0.4, -0.2) is 0 Å². The van der Waals surface area contributed by atoms with Gasteiger partial charge >= 0.3 is 0 Å². The SMILES string of the molecule is C=CC(CCc1ccccc1)C(CC)(CC)CC. The highest BCUT2D eigenvalue weighted by atomic mass is 14.4. The van der Waals surface area contributed by atoms with Crippen molar-refractivity contribution in [3.8, 4) is 0 Å². The monoisotopic (exact) mass is 244 g/mol. The second kappa shape index (κ2) is 7.41. The minimum absolute atomic E-state index is 0.455. The predicted molar refractivity (Wildman–Crippen MR) is 81.8 cm³/mol. The first-order valence-electron chi connectivity index (χ1n) is 7.38. The first-order chi connectivity index (χ1) is 8.72. The van der Waals surface area contributed by atoms with Crippen molar-refractivity contribution in [3.63, 3.8) is 0 Å². The molecule has 100 valence electrons. The van der Waals surface area contributed by atoms with Gasteiger partial charge in [-0.2, -0.15) is 0 Å². The third-order valence-corrected chi connectivity index (χ3v) is 4.77. The van der Waals surface area contributed by atoms with Gasteiger partial charge in [0.05, 0.1) is 0 Å².